The highest BCUT2D eigenvalue weighted by atomic mass is 35.5. The summed E-state index contributed by atoms with van der Waals surface area (Å²) in [4.78, 5) is 18.7. The van der Waals surface area contributed by atoms with Crippen LogP contribution in [0.2, 0.25) is 0 Å². The molecule has 4 nitrogen and oxygen atoms in total. The molecular formula is C16H25Cl2N3OS. The number of nitrogens with one attached hydrogen (secondary N) is 1. The SMILES string of the molecule is Cl.Cl.O=C(CSCc1ccccn1)N1CC[C@@H]2CNC[C@@H]2CC1. The van der Waals surface area contributed by atoms with Gasteiger partial charge >= 0.3 is 0 Å². The molecule has 1 aromatic heterocycles. The third-order valence-corrected chi connectivity index (χ3v) is 5.52. The fourth-order valence-electron chi connectivity index (χ4n) is 3.29. The summed E-state index contributed by atoms with van der Waals surface area (Å²) in [6, 6.07) is 5.92. The predicted molar refractivity (Wildman–Crippen MR) is 101 cm³/mol. The quantitative estimate of drug-likeness (QED) is 0.875. The number of fused-ring (bicyclic) bond motifs is 1. The van der Waals surface area contributed by atoms with E-state index in [0.29, 0.717) is 11.7 Å². The van der Waals surface area contributed by atoms with Crippen LogP contribution < -0.4 is 5.32 Å². The van der Waals surface area contributed by atoms with E-state index in [-0.39, 0.29) is 24.8 Å². The van der Waals surface area contributed by atoms with Crippen molar-refractivity contribution in [2.24, 2.45) is 11.8 Å². The highest BCUT2D eigenvalue weighted by Gasteiger charge is 2.31. The maximum absolute atomic E-state index is 12.3. The Balaban J connectivity index is 0.00000132. The average Bonchev–Trinajstić information content (AvgIpc) is 2.87. The third kappa shape index (κ3) is 5.82. The van der Waals surface area contributed by atoms with Crippen LogP contribution >= 0.6 is 36.6 Å². The molecule has 2 fully saturated rings. The standard InChI is InChI=1S/C16H23N3OS.2ClH/c20-16(12-21-11-15-3-1-2-6-18-15)19-7-4-13-9-17-10-14(13)5-8-19;;/h1-3,6,13-14,17H,4-5,7-12H2;2*1H/t13-,14+;;. The number of likely N-dealkylation sites (tertiary alicyclic amines) is 1. The Morgan fingerprint density at radius 2 is 1.91 bits per heavy atom. The van der Waals surface area contributed by atoms with E-state index < -0.39 is 0 Å². The van der Waals surface area contributed by atoms with Crippen LogP contribution in [0.1, 0.15) is 18.5 Å². The van der Waals surface area contributed by atoms with Crippen molar-refractivity contribution in [3.63, 3.8) is 0 Å². The van der Waals surface area contributed by atoms with Crippen molar-refractivity contribution in [1.82, 2.24) is 15.2 Å². The van der Waals surface area contributed by atoms with Gasteiger partial charge < -0.3 is 10.2 Å². The molecule has 0 aromatic carbocycles. The van der Waals surface area contributed by atoms with Crippen LogP contribution in [0.4, 0.5) is 0 Å². The fourth-order valence-corrected chi connectivity index (χ4v) is 4.12. The van der Waals surface area contributed by atoms with Crippen LogP contribution in [-0.4, -0.2) is 47.7 Å². The van der Waals surface area contributed by atoms with Crippen LogP contribution in [0.25, 0.3) is 0 Å². The van der Waals surface area contributed by atoms with Crippen molar-refractivity contribution in [2.45, 2.75) is 18.6 Å². The zero-order valence-electron chi connectivity index (χ0n) is 13.1. The zero-order valence-corrected chi connectivity index (χ0v) is 15.6. The lowest BCUT2D eigenvalue weighted by atomic mass is 9.92. The lowest BCUT2D eigenvalue weighted by molar-refractivity contribution is -0.128. The average molecular weight is 378 g/mol. The molecule has 3 rings (SSSR count). The van der Waals surface area contributed by atoms with Gasteiger partial charge in [0.05, 0.1) is 11.4 Å². The Hall–Kier alpha value is -0.490. The van der Waals surface area contributed by atoms with Gasteiger partial charge in [-0.1, -0.05) is 6.07 Å². The number of carbonyl (C=O) groups is 1. The summed E-state index contributed by atoms with van der Waals surface area (Å²) in [5, 5.41) is 3.47. The summed E-state index contributed by atoms with van der Waals surface area (Å²) in [7, 11) is 0. The molecule has 1 aromatic rings. The third-order valence-electron chi connectivity index (χ3n) is 4.57. The molecule has 130 valence electrons. The Labute approximate surface area is 155 Å². The number of thioether (sulfide) groups is 1. The Morgan fingerprint density at radius 1 is 1.22 bits per heavy atom. The molecule has 2 aliphatic rings. The van der Waals surface area contributed by atoms with E-state index in [2.05, 4.69) is 15.2 Å². The second kappa shape index (κ2) is 10.4. The number of halogens is 2. The van der Waals surface area contributed by atoms with Crippen molar-refractivity contribution in [3.05, 3.63) is 30.1 Å². The zero-order chi connectivity index (χ0) is 14.5. The minimum Gasteiger partial charge on any atom is -0.342 e. The van der Waals surface area contributed by atoms with Crippen LogP contribution in [0.5, 0.6) is 0 Å². The molecule has 1 amide bonds. The first kappa shape index (κ1) is 20.6. The number of hydrogen-bond donors (Lipinski definition) is 1. The molecule has 0 saturated carbocycles. The first-order valence-electron chi connectivity index (χ1n) is 7.79. The summed E-state index contributed by atoms with van der Waals surface area (Å²) in [6.45, 7) is 4.15. The molecule has 2 saturated heterocycles. The van der Waals surface area contributed by atoms with E-state index in [1.165, 1.54) is 0 Å². The van der Waals surface area contributed by atoms with Crippen LogP contribution in [0.15, 0.2) is 24.4 Å². The molecule has 0 unspecified atom stereocenters. The van der Waals surface area contributed by atoms with Crippen molar-refractivity contribution in [3.8, 4) is 0 Å². The van der Waals surface area contributed by atoms with Gasteiger partial charge in [0.15, 0.2) is 0 Å². The number of amides is 1. The second-order valence-corrected chi connectivity index (χ2v) is 6.94. The molecule has 0 aliphatic carbocycles. The molecule has 23 heavy (non-hydrogen) atoms. The van der Waals surface area contributed by atoms with Gasteiger partial charge in [-0.25, -0.2) is 0 Å². The minimum atomic E-state index is 0. The Kier molecular flexibility index (Phi) is 9.29. The smallest absolute Gasteiger partial charge is 0.232 e. The lowest BCUT2D eigenvalue weighted by Crippen LogP contribution is -2.34. The molecule has 0 spiro atoms. The van der Waals surface area contributed by atoms with E-state index in [1.807, 2.05) is 18.2 Å². The Morgan fingerprint density at radius 3 is 2.52 bits per heavy atom. The van der Waals surface area contributed by atoms with Gasteiger partial charge in [0.1, 0.15) is 0 Å². The van der Waals surface area contributed by atoms with Gasteiger partial charge in [-0.3, -0.25) is 9.78 Å². The molecule has 3 heterocycles. The summed E-state index contributed by atoms with van der Waals surface area (Å²) in [5.41, 5.74) is 1.05. The van der Waals surface area contributed by atoms with Crippen molar-refractivity contribution in [2.75, 3.05) is 31.9 Å². The Bertz CT molecular complexity index is 464. The molecule has 1 N–H and O–H groups in total. The molecule has 0 bridgehead atoms. The topological polar surface area (TPSA) is 45.2 Å². The molecule has 7 heteroatoms. The largest absolute Gasteiger partial charge is 0.342 e. The van der Waals surface area contributed by atoms with Gasteiger partial charge in [0.2, 0.25) is 5.91 Å². The number of aromatic nitrogens is 1. The molecule has 2 aliphatic heterocycles. The number of nitrogens with zero attached hydrogens (tertiary/aromatic N) is 2. The first-order valence-corrected chi connectivity index (χ1v) is 8.94. The van der Waals surface area contributed by atoms with Crippen LogP contribution in [0.3, 0.4) is 0 Å². The second-order valence-electron chi connectivity index (χ2n) is 5.95. The molecule has 2 atom stereocenters. The van der Waals surface area contributed by atoms with Crippen molar-refractivity contribution >= 4 is 42.5 Å². The number of rotatable bonds is 4. The number of hydrogen-bond acceptors (Lipinski definition) is 4. The van der Waals surface area contributed by atoms with E-state index in [0.717, 1.165) is 62.3 Å². The van der Waals surface area contributed by atoms with E-state index in [4.69, 9.17) is 0 Å². The maximum Gasteiger partial charge on any atom is 0.232 e. The van der Waals surface area contributed by atoms with Crippen molar-refractivity contribution < 1.29 is 4.79 Å². The lowest BCUT2D eigenvalue weighted by Gasteiger charge is -2.20. The van der Waals surface area contributed by atoms with Gasteiger partial charge in [0, 0.05) is 25.0 Å². The van der Waals surface area contributed by atoms with E-state index in [1.54, 1.807) is 18.0 Å². The number of pyridine rings is 1. The molecule has 0 radical (unpaired) electrons. The van der Waals surface area contributed by atoms with Gasteiger partial charge in [-0.05, 0) is 49.9 Å². The summed E-state index contributed by atoms with van der Waals surface area (Å²) in [5.74, 6) is 3.25. The minimum absolute atomic E-state index is 0. The monoisotopic (exact) mass is 377 g/mol. The van der Waals surface area contributed by atoms with Gasteiger partial charge in [0.25, 0.3) is 0 Å². The van der Waals surface area contributed by atoms with Gasteiger partial charge in [-0.2, -0.15) is 0 Å². The summed E-state index contributed by atoms with van der Waals surface area (Å²) >= 11 is 1.67. The highest BCUT2D eigenvalue weighted by Crippen LogP contribution is 2.27. The molecular weight excluding hydrogens is 353 g/mol. The van der Waals surface area contributed by atoms with Crippen LogP contribution in [0, 0.1) is 11.8 Å². The van der Waals surface area contributed by atoms with E-state index in [9.17, 15) is 4.79 Å². The summed E-state index contributed by atoms with van der Waals surface area (Å²) in [6.07, 6.45) is 4.13. The normalized spacial score (nSPS) is 23.2. The highest BCUT2D eigenvalue weighted by molar-refractivity contribution is 7.99. The summed E-state index contributed by atoms with van der Waals surface area (Å²) < 4.78 is 0. The number of carbonyl (C=O) groups excluding carboxylic acids is 1. The van der Waals surface area contributed by atoms with Gasteiger partial charge in [-0.15, -0.1) is 36.6 Å². The first-order chi connectivity index (χ1) is 10.3. The maximum atomic E-state index is 12.3. The predicted octanol–water partition coefficient (Wildman–Crippen LogP) is 2.62. The fraction of sp³-hybridized carbons (Fsp3) is 0.625. The van der Waals surface area contributed by atoms with Crippen LogP contribution in [-0.2, 0) is 10.5 Å². The van der Waals surface area contributed by atoms with Crippen molar-refractivity contribution in [1.29, 1.82) is 0 Å². The van der Waals surface area contributed by atoms with E-state index >= 15 is 0 Å².